The van der Waals surface area contributed by atoms with Gasteiger partial charge in [-0.1, -0.05) is 24.3 Å². The lowest BCUT2D eigenvalue weighted by Gasteiger charge is -2.23. The van der Waals surface area contributed by atoms with Crippen molar-refractivity contribution in [3.8, 4) is 0 Å². The van der Waals surface area contributed by atoms with Crippen molar-refractivity contribution < 1.29 is 9.64 Å². The highest BCUT2D eigenvalue weighted by Gasteiger charge is 2.12. The van der Waals surface area contributed by atoms with Crippen LogP contribution in [0.5, 0.6) is 0 Å². The van der Waals surface area contributed by atoms with Crippen molar-refractivity contribution in [1.29, 1.82) is 0 Å². The van der Waals surface area contributed by atoms with E-state index in [0.29, 0.717) is 5.11 Å². The third-order valence-corrected chi connectivity index (χ3v) is 4.62. The molecule has 1 heterocycles. The number of rotatable bonds is 7. The van der Waals surface area contributed by atoms with E-state index >= 15 is 0 Å². The molecule has 4 N–H and O–H groups in total. The van der Waals surface area contributed by atoms with Crippen LogP contribution in [0.3, 0.4) is 0 Å². The fraction of sp³-hybridized carbons (Fsp3) is 0.350. The Bertz CT molecular complexity index is 689. The third-order valence-electron chi connectivity index (χ3n) is 4.38. The van der Waals surface area contributed by atoms with Gasteiger partial charge in [0.25, 0.3) is 0 Å². The molecule has 1 saturated heterocycles. The molecular weight excluding hydrogens is 344 g/mol. The predicted octanol–water partition coefficient (Wildman–Crippen LogP) is 2.02. The quantitative estimate of drug-likeness (QED) is 0.443. The molecule has 1 aliphatic rings. The van der Waals surface area contributed by atoms with E-state index in [4.69, 9.17) is 17.0 Å². The molecular formula is C20H27N4OS+. The number of hydrogen-bond acceptors (Lipinski definition) is 3. The lowest BCUT2D eigenvalue weighted by atomic mass is 10.2. The number of thiocarbonyl (C=S) groups is 1. The zero-order chi connectivity index (χ0) is 18.0. The number of quaternary nitrogens is 1. The largest absolute Gasteiger partial charge is 0.370 e. The maximum absolute atomic E-state index is 5.41. The summed E-state index contributed by atoms with van der Waals surface area (Å²) in [5, 5.41) is 10.6. The number of hydrogen-bond donors (Lipinski definition) is 4. The first-order chi connectivity index (χ1) is 12.8. The van der Waals surface area contributed by atoms with E-state index < -0.39 is 0 Å². The van der Waals surface area contributed by atoms with E-state index in [2.05, 4.69) is 22.0 Å². The number of para-hydroxylation sites is 1. The van der Waals surface area contributed by atoms with Gasteiger partial charge in [-0.05, 0) is 42.5 Å². The van der Waals surface area contributed by atoms with E-state index in [9.17, 15) is 0 Å². The third kappa shape index (κ3) is 6.29. The van der Waals surface area contributed by atoms with Gasteiger partial charge in [0.15, 0.2) is 5.11 Å². The second kappa shape index (κ2) is 10.1. The molecule has 26 heavy (non-hydrogen) atoms. The summed E-state index contributed by atoms with van der Waals surface area (Å²) in [5.74, 6) is 0. The number of ether oxygens (including phenoxy) is 1. The summed E-state index contributed by atoms with van der Waals surface area (Å²) >= 11 is 5.41. The smallest absolute Gasteiger partial charge is 0.170 e. The van der Waals surface area contributed by atoms with Gasteiger partial charge < -0.3 is 25.6 Å². The molecule has 1 aliphatic heterocycles. The van der Waals surface area contributed by atoms with Crippen molar-refractivity contribution in [3.05, 3.63) is 54.6 Å². The molecule has 5 nitrogen and oxygen atoms in total. The average molecular weight is 372 g/mol. The Balaban J connectivity index is 1.40. The minimum atomic E-state index is 0.666. The molecule has 1 fully saturated rings. The highest BCUT2D eigenvalue weighted by Crippen LogP contribution is 2.19. The molecule has 0 saturated carbocycles. The number of nitrogens with one attached hydrogen (secondary N) is 4. The van der Waals surface area contributed by atoms with Gasteiger partial charge in [-0.3, -0.25) is 0 Å². The summed E-state index contributed by atoms with van der Waals surface area (Å²) in [7, 11) is 0. The van der Waals surface area contributed by atoms with Gasteiger partial charge in [0, 0.05) is 30.0 Å². The molecule has 2 aromatic carbocycles. The van der Waals surface area contributed by atoms with E-state index in [1.54, 1.807) is 4.90 Å². The first-order valence-electron chi connectivity index (χ1n) is 9.18. The Morgan fingerprint density at radius 1 is 0.962 bits per heavy atom. The van der Waals surface area contributed by atoms with Crippen LogP contribution < -0.4 is 20.9 Å². The van der Waals surface area contributed by atoms with Crippen LogP contribution in [-0.4, -0.2) is 44.5 Å². The van der Waals surface area contributed by atoms with Gasteiger partial charge in [-0.2, -0.15) is 0 Å². The summed E-state index contributed by atoms with van der Waals surface area (Å²) in [6.07, 6.45) is 1.10. The highest BCUT2D eigenvalue weighted by atomic mass is 32.1. The molecule has 0 radical (unpaired) electrons. The van der Waals surface area contributed by atoms with Crippen LogP contribution in [0.2, 0.25) is 0 Å². The molecule has 138 valence electrons. The fourth-order valence-electron chi connectivity index (χ4n) is 2.99. The van der Waals surface area contributed by atoms with Crippen LogP contribution in [0.1, 0.15) is 6.42 Å². The zero-order valence-electron chi connectivity index (χ0n) is 15.0. The van der Waals surface area contributed by atoms with Crippen molar-refractivity contribution in [1.82, 2.24) is 5.32 Å². The normalized spacial score (nSPS) is 14.6. The van der Waals surface area contributed by atoms with Crippen molar-refractivity contribution >= 4 is 34.4 Å². The predicted molar refractivity (Wildman–Crippen MR) is 111 cm³/mol. The summed E-state index contributed by atoms with van der Waals surface area (Å²) in [6, 6.07) is 18.3. The summed E-state index contributed by atoms with van der Waals surface area (Å²) in [5.41, 5.74) is 3.07. The second-order valence-electron chi connectivity index (χ2n) is 6.42. The van der Waals surface area contributed by atoms with Crippen LogP contribution in [0, 0.1) is 0 Å². The Labute approximate surface area is 160 Å². The Morgan fingerprint density at radius 2 is 1.69 bits per heavy atom. The first kappa shape index (κ1) is 18.6. The van der Waals surface area contributed by atoms with E-state index in [1.807, 2.05) is 48.5 Å². The topological polar surface area (TPSA) is 49.8 Å². The van der Waals surface area contributed by atoms with Gasteiger partial charge in [0.05, 0.1) is 19.8 Å². The van der Waals surface area contributed by atoms with Gasteiger partial charge in [-0.25, -0.2) is 0 Å². The molecule has 0 amide bonds. The van der Waals surface area contributed by atoms with E-state index in [1.165, 1.54) is 0 Å². The van der Waals surface area contributed by atoms with Crippen molar-refractivity contribution in [2.24, 2.45) is 0 Å². The molecule has 6 heteroatoms. The standard InChI is InChI=1S/C20H26N4OS/c26-20(21-10-5-11-24-12-14-25-15-13-24)23-19-9-4-8-18(16-19)22-17-6-2-1-3-7-17/h1-4,6-9,16,22H,5,10-15H2,(H2,21,23,26)/p+1. The highest BCUT2D eigenvalue weighted by molar-refractivity contribution is 7.80. The van der Waals surface area contributed by atoms with Crippen LogP contribution in [-0.2, 0) is 4.74 Å². The molecule has 0 unspecified atom stereocenters. The first-order valence-corrected chi connectivity index (χ1v) is 9.59. The zero-order valence-corrected chi connectivity index (χ0v) is 15.8. The van der Waals surface area contributed by atoms with Crippen LogP contribution >= 0.6 is 12.2 Å². The Morgan fingerprint density at radius 3 is 2.50 bits per heavy atom. The van der Waals surface area contributed by atoms with Crippen LogP contribution in [0.25, 0.3) is 0 Å². The molecule has 2 aromatic rings. The maximum Gasteiger partial charge on any atom is 0.170 e. The summed E-state index contributed by atoms with van der Waals surface area (Å²) < 4.78 is 5.39. The summed E-state index contributed by atoms with van der Waals surface area (Å²) in [4.78, 5) is 1.62. The van der Waals surface area contributed by atoms with Crippen molar-refractivity contribution in [2.45, 2.75) is 6.42 Å². The van der Waals surface area contributed by atoms with Crippen molar-refractivity contribution in [2.75, 3.05) is 50.0 Å². The SMILES string of the molecule is S=C(NCCC[NH+]1CCOCC1)Nc1cccc(Nc2ccccc2)c1. The van der Waals surface area contributed by atoms with Crippen molar-refractivity contribution in [3.63, 3.8) is 0 Å². The van der Waals surface area contributed by atoms with Gasteiger partial charge in [0.1, 0.15) is 13.1 Å². The number of morpholine rings is 1. The Hall–Kier alpha value is -2.15. The minimum Gasteiger partial charge on any atom is -0.370 e. The van der Waals surface area contributed by atoms with Crippen LogP contribution in [0.4, 0.5) is 17.1 Å². The molecule has 0 aromatic heterocycles. The minimum absolute atomic E-state index is 0.666. The van der Waals surface area contributed by atoms with Gasteiger partial charge in [-0.15, -0.1) is 0 Å². The molecule has 0 aliphatic carbocycles. The van der Waals surface area contributed by atoms with Crippen LogP contribution in [0.15, 0.2) is 54.6 Å². The van der Waals surface area contributed by atoms with E-state index in [-0.39, 0.29) is 0 Å². The van der Waals surface area contributed by atoms with E-state index in [0.717, 1.165) is 62.9 Å². The lowest BCUT2D eigenvalue weighted by Crippen LogP contribution is -3.14. The molecule has 3 rings (SSSR count). The maximum atomic E-state index is 5.41. The second-order valence-corrected chi connectivity index (χ2v) is 6.83. The van der Waals surface area contributed by atoms with Gasteiger partial charge >= 0.3 is 0 Å². The van der Waals surface area contributed by atoms with Gasteiger partial charge in [0.2, 0.25) is 0 Å². The average Bonchev–Trinajstić information content (AvgIpc) is 2.67. The molecule has 0 spiro atoms. The molecule has 0 atom stereocenters. The number of benzene rings is 2. The molecule has 0 bridgehead atoms. The Kier molecular flexibility index (Phi) is 7.25. The number of anilines is 3. The lowest BCUT2D eigenvalue weighted by molar-refractivity contribution is -0.908. The fourth-order valence-corrected chi connectivity index (χ4v) is 3.21. The summed E-state index contributed by atoms with van der Waals surface area (Å²) in [6.45, 7) is 6.05. The monoisotopic (exact) mass is 371 g/mol.